The number of amides is 1. The third-order valence-corrected chi connectivity index (χ3v) is 3.85. The smallest absolute Gasteiger partial charge is 0.278 e. The number of rotatable bonds is 6. The number of halogens is 2. The highest BCUT2D eigenvalue weighted by atomic mass is 19.3. The molecule has 1 N–H and O–H groups in total. The fourth-order valence-corrected chi connectivity index (χ4v) is 2.58. The number of fused-ring (bicyclic) bond motifs is 1. The number of hydrogen-bond acceptors (Lipinski definition) is 5. The van der Waals surface area contributed by atoms with Crippen LogP contribution in [-0.4, -0.2) is 45.2 Å². The van der Waals surface area contributed by atoms with E-state index in [4.69, 9.17) is 4.74 Å². The van der Waals surface area contributed by atoms with Crippen LogP contribution in [0.5, 0.6) is 5.75 Å². The summed E-state index contributed by atoms with van der Waals surface area (Å²) in [5, 5.41) is 7.62. The zero-order chi connectivity index (χ0) is 19.6. The molecule has 3 aromatic heterocycles. The molecule has 3 aromatic rings. The summed E-state index contributed by atoms with van der Waals surface area (Å²) in [4.78, 5) is 20.3. The van der Waals surface area contributed by atoms with Gasteiger partial charge < -0.3 is 10.1 Å². The van der Waals surface area contributed by atoms with Gasteiger partial charge in [-0.3, -0.25) is 19.4 Å². The first-order valence-electron chi connectivity index (χ1n) is 8.27. The lowest BCUT2D eigenvalue weighted by molar-refractivity contribution is -0.0232. The first-order chi connectivity index (χ1) is 12.8. The van der Waals surface area contributed by atoms with Crippen molar-refractivity contribution in [2.24, 2.45) is 0 Å². The molecule has 9 heteroatoms. The van der Waals surface area contributed by atoms with Crippen LogP contribution in [0.15, 0.2) is 30.7 Å². The number of ether oxygens (including phenoxy) is 1. The standard InChI is InChI=1S/C18H19F2N5O2/c1-11-6-12(23-7-15(11)27-10-18(2,19)20)8-25-9-13-14(24-25)4-5-22-16(13)17(26)21-3/h4-7,9H,8,10H2,1-3H3,(H,21,26). The maximum Gasteiger partial charge on any atom is 0.278 e. The maximum atomic E-state index is 12.9. The largest absolute Gasteiger partial charge is 0.485 e. The zero-order valence-electron chi connectivity index (χ0n) is 15.2. The normalized spacial score (nSPS) is 11.6. The molecule has 142 valence electrons. The van der Waals surface area contributed by atoms with E-state index in [0.29, 0.717) is 40.1 Å². The van der Waals surface area contributed by atoms with Crippen molar-refractivity contribution in [2.75, 3.05) is 13.7 Å². The molecular formula is C18H19F2N5O2. The zero-order valence-corrected chi connectivity index (χ0v) is 15.2. The molecule has 3 rings (SSSR count). The van der Waals surface area contributed by atoms with Crippen molar-refractivity contribution in [3.63, 3.8) is 0 Å². The minimum absolute atomic E-state index is 0.289. The lowest BCUT2D eigenvalue weighted by Gasteiger charge is -2.14. The monoisotopic (exact) mass is 375 g/mol. The van der Waals surface area contributed by atoms with E-state index in [2.05, 4.69) is 20.4 Å². The van der Waals surface area contributed by atoms with Gasteiger partial charge in [-0.25, -0.2) is 8.78 Å². The van der Waals surface area contributed by atoms with E-state index < -0.39 is 12.5 Å². The van der Waals surface area contributed by atoms with Crippen LogP contribution in [0.1, 0.15) is 28.7 Å². The molecule has 0 aromatic carbocycles. The van der Waals surface area contributed by atoms with Crippen LogP contribution in [0.3, 0.4) is 0 Å². The molecule has 0 aliphatic carbocycles. The van der Waals surface area contributed by atoms with Crippen molar-refractivity contribution in [1.29, 1.82) is 0 Å². The fourth-order valence-electron chi connectivity index (χ4n) is 2.58. The molecule has 0 radical (unpaired) electrons. The lowest BCUT2D eigenvalue weighted by atomic mass is 10.2. The lowest BCUT2D eigenvalue weighted by Crippen LogP contribution is -2.21. The molecule has 1 amide bonds. The second kappa shape index (κ2) is 7.26. The Kier molecular flexibility index (Phi) is 5.02. The van der Waals surface area contributed by atoms with Gasteiger partial charge in [0.2, 0.25) is 0 Å². The molecular weight excluding hydrogens is 356 g/mol. The van der Waals surface area contributed by atoms with Gasteiger partial charge in [-0.05, 0) is 24.6 Å². The summed E-state index contributed by atoms with van der Waals surface area (Å²) in [6, 6.07) is 3.48. The second-order valence-corrected chi connectivity index (χ2v) is 6.30. The van der Waals surface area contributed by atoms with E-state index in [0.717, 1.165) is 6.92 Å². The summed E-state index contributed by atoms with van der Waals surface area (Å²) in [6.45, 7) is 2.22. The number of pyridine rings is 2. The fraction of sp³-hybridized carbons (Fsp3) is 0.333. The van der Waals surface area contributed by atoms with Gasteiger partial charge in [-0.1, -0.05) is 0 Å². The van der Waals surface area contributed by atoms with Crippen LogP contribution >= 0.6 is 0 Å². The summed E-state index contributed by atoms with van der Waals surface area (Å²) in [5.74, 6) is -2.88. The van der Waals surface area contributed by atoms with Gasteiger partial charge in [0.25, 0.3) is 11.8 Å². The van der Waals surface area contributed by atoms with Crippen LogP contribution < -0.4 is 10.1 Å². The number of aromatic nitrogens is 4. The SMILES string of the molecule is CNC(=O)c1nccc2nn(Cc3cc(C)c(OCC(C)(F)F)cn3)cc12. The minimum Gasteiger partial charge on any atom is -0.485 e. The average Bonchev–Trinajstić information content (AvgIpc) is 3.01. The van der Waals surface area contributed by atoms with Crippen molar-refractivity contribution in [2.45, 2.75) is 26.3 Å². The van der Waals surface area contributed by atoms with Gasteiger partial charge in [0.15, 0.2) is 6.61 Å². The van der Waals surface area contributed by atoms with Crippen LogP contribution in [-0.2, 0) is 6.54 Å². The molecule has 0 bridgehead atoms. The Balaban J connectivity index is 1.81. The molecule has 0 saturated carbocycles. The number of nitrogens with one attached hydrogen (secondary N) is 1. The van der Waals surface area contributed by atoms with Gasteiger partial charge in [0.1, 0.15) is 11.4 Å². The van der Waals surface area contributed by atoms with Gasteiger partial charge in [-0.15, -0.1) is 0 Å². The van der Waals surface area contributed by atoms with Crippen molar-refractivity contribution in [3.05, 3.63) is 47.7 Å². The maximum absolute atomic E-state index is 12.9. The minimum atomic E-state index is -2.91. The highest BCUT2D eigenvalue weighted by molar-refractivity contribution is 6.03. The molecule has 7 nitrogen and oxygen atoms in total. The van der Waals surface area contributed by atoms with E-state index >= 15 is 0 Å². The van der Waals surface area contributed by atoms with E-state index in [1.165, 1.54) is 19.4 Å². The quantitative estimate of drug-likeness (QED) is 0.716. The second-order valence-electron chi connectivity index (χ2n) is 6.30. The molecule has 0 aliphatic heterocycles. The summed E-state index contributed by atoms with van der Waals surface area (Å²) in [6.07, 6.45) is 4.69. The van der Waals surface area contributed by atoms with Gasteiger partial charge >= 0.3 is 0 Å². The Hall–Kier alpha value is -3.10. The highest BCUT2D eigenvalue weighted by Crippen LogP contribution is 2.21. The van der Waals surface area contributed by atoms with Crippen molar-refractivity contribution in [1.82, 2.24) is 25.1 Å². The number of nitrogens with zero attached hydrogens (tertiary/aromatic N) is 4. The molecule has 0 spiro atoms. The van der Waals surface area contributed by atoms with Gasteiger partial charge in [0.05, 0.1) is 29.3 Å². The molecule has 0 atom stereocenters. The van der Waals surface area contributed by atoms with E-state index in [9.17, 15) is 13.6 Å². The topological polar surface area (TPSA) is 81.9 Å². The number of carbonyl (C=O) groups is 1. The Labute approximate surface area is 154 Å². The number of hydrogen-bond donors (Lipinski definition) is 1. The van der Waals surface area contributed by atoms with Crippen molar-refractivity contribution < 1.29 is 18.3 Å². The summed E-state index contributed by atoms with van der Waals surface area (Å²) < 4.78 is 32.6. The third-order valence-electron chi connectivity index (χ3n) is 3.85. The van der Waals surface area contributed by atoms with Crippen LogP contribution in [0.2, 0.25) is 0 Å². The first-order valence-corrected chi connectivity index (χ1v) is 8.27. The number of aryl methyl sites for hydroxylation is 1. The van der Waals surface area contributed by atoms with Crippen molar-refractivity contribution in [3.8, 4) is 5.75 Å². The van der Waals surface area contributed by atoms with Crippen LogP contribution in [0.4, 0.5) is 8.78 Å². The predicted molar refractivity (Wildman–Crippen MR) is 95.1 cm³/mol. The summed E-state index contributed by atoms with van der Waals surface area (Å²) in [5.41, 5.74) is 2.33. The van der Waals surface area contributed by atoms with Crippen LogP contribution in [0.25, 0.3) is 10.9 Å². The van der Waals surface area contributed by atoms with E-state index in [1.54, 1.807) is 29.9 Å². The third kappa shape index (κ3) is 4.36. The Bertz CT molecular complexity index is 982. The molecule has 0 unspecified atom stereocenters. The summed E-state index contributed by atoms with van der Waals surface area (Å²) >= 11 is 0. The van der Waals surface area contributed by atoms with Crippen molar-refractivity contribution >= 4 is 16.8 Å². The molecule has 0 saturated heterocycles. The highest BCUT2D eigenvalue weighted by Gasteiger charge is 2.22. The first kappa shape index (κ1) is 18.7. The van der Waals surface area contributed by atoms with Gasteiger partial charge in [0, 0.05) is 26.4 Å². The predicted octanol–water partition coefficient (Wildman–Crippen LogP) is 2.58. The number of carbonyl (C=O) groups excluding carboxylic acids is 1. The van der Waals surface area contributed by atoms with E-state index in [-0.39, 0.29) is 5.91 Å². The molecule has 0 aliphatic rings. The Morgan fingerprint density at radius 3 is 2.81 bits per heavy atom. The summed E-state index contributed by atoms with van der Waals surface area (Å²) in [7, 11) is 1.54. The average molecular weight is 375 g/mol. The van der Waals surface area contributed by atoms with E-state index in [1.807, 2.05) is 0 Å². The van der Waals surface area contributed by atoms with Crippen LogP contribution in [0, 0.1) is 6.92 Å². The van der Waals surface area contributed by atoms with Gasteiger partial charge in [-0.2, -0.15) is 5.10 Å². The number of alkyl halides is 2. The molecule has 0 fully saturated rings. The molecule has 3 heterocycles. The Morgan fingerprint density at radius 1 is 1.37 bits per heavy atom. The molecule has 27 heavy (non-hydrogen) atoms. The Morgan fingerprint density at radius 2 is 2.15 bits per heavy atom.